The van der Waals surface area contributed by atoms with E-state index in [1.54, 1.807) is 23.1 Å². The third kappa shape index (κ3) is 8.79. The third-order valence-corrected chi connectivity index (χ3v) is 7.16. The molecule has 0 aliphatic heterocycles. The number of carbonyl (C=O) groups excluding carboxylic acids is 2. The van der Waals surface area contributed by atoms with E-state index in [0.717, 1.165) is 15.6 Å². The molecule has 3 aromatic carbocycles. The Bertz CT molecular complexity index is 1130. The van der Waals surface area contributed by atoms with Crippen LogP contribution in [0, 0.1) is 11.7 Å². The molecule has 0 aromatic heterocycles. The molecule has 4 nitrogen and oxygen atoms in total. The van der Waals surface area contributed by atoms with E-state index in [9.17, 15) is 14.0 Å². The SMILES string of the molecule is CC(C)CNC(=O)C(Cc1ccccc1)N(Cc1ccc(Br)cc1)C(=O)CSCc1ccccc1F. The van der Waals surface area contributed by atoms with Gasteiger partial charge in [0.25, 0.3) is 0 Å². The first-order chi connectivity index (χ1) is 17.3. The Morgan fingerprint density at radius 2 is 1.61 bits per heavy atom. The lowest BCUT2D eigenvalue weighted by atomic mass is 10.0. The maximum absolute atomic E-state index is 14.1. The van der Waals surface area contributed by atoms with Crippen molar-refractivity contribution in [3.63, 3.8) is 0 Å². The molecule has 1 unspecified atom stereocenters. The van der Waals surface area contributed by atoms with E-state index in [1.807, 2.05) is 68.4 Å². The fraction of sp³-hybridized carbons (Fsp3) is 0.310. The second-order valence-electron chi connectivity index (χ2n) is 9.08. The summed E-state index contributed by atoms with van der Waals surface area (Å²) in [6.07, 6.45) is 0.408. The van der Waals surface area contributed by atoms with Crippen molar-refractivity contribution in [1.29, 1.82) is 0 Å². The molecule has 0 fully saturated rings. The fourth-order valence-electron chi connectivity index (χ4n) is 3.71. The van der Waals surface area contributed by atoms with Crippen LogP contribution in [0.1, 0.15) is 30.5 Å². The van der Waals surface area contributed by atoms with Gasteiger partial charge in [-0.05, 0) is 40.8 Å². The summed E-state index contributed by atoms with van der Waals surface area (Å²) in [6.45, 7) is 4.92. The second kappa shape index (κ2) is 14.2. The lowest BCUT2D eigenvalue weighted by Gasteiger charge is -2.32. The summed E-state index contributed by atoms with van der Waals surface area (Å²) in [7, 11) is 0. The van der Waals surface area contributed by atoms with Crippen molar-refractivity contribution in [2.45, 2.75) is 38.6 Å². The number of amides is 2. The molecule has 0 bridgehead atoms. The van der Waals surface area contributed by atoms with Crippen molar-refractivity contribution >= 4 is 39.5 Å². The zero-order valence-corrected chi connectivity index (χ0v) is 23.0. The molecular formula is C29H32BrFN2O2S. The van der Waals surface area contributed by atoms with Gasteiger partial charge in [-0.1, -0.05) is 90.4 Å². The van der Waals surface area contributed by atoms with E-state index >= 15 is 0 Å². The number of nitrogens with one attached hydrogen (secondary N) is 1. The van der Waals surface area contributed by atoms with Crippen molar-refractivity contribution in [3.05, 3.63) is 106 Å². The van der Waals surface area contributed by atoms with Crippen molar-refractivity contribution < 1.29 is 14.0 Å². The summed E-state index contributed by atoms with van der Waals surface area (Å²) in [5, 5.41) is 3.03. The Morgan fingerprint density at radius 1 is 0.944 bits per heavy atom. The van der Waals surface area contributed by atoms with Crippen molar-refractivity contribution in [2.24, 2.45) is 5.92 Å². The minimum Gasteiger partial charge on any atom is -0.354 e. The van der Waals surface area contributed by atoms with Crippen LogP contribution in [0.3, 0.4) is 0 Å². The van der Waals surface area contributed by atoms with Crippen molar-refractivity contribution in [1.82, 2.24) is 10.2 Å². The van der Waals surface area contributed by atoms with Crippen molar-refractivity contribution in [3.8, 4) is 0 Å². The number of halogens is 2. The van der Waals surface area contributed by atoms with E-state index in [0.29, 0.717) is 36.7 Å². The number of thioether (sulfide) groups is 1. The predicted octanol–water partition coefficient (Wildman–Crippen LogP) is 6.23. The molecule has 1 N–H and O–H groups in total. The monoisotopic (exact) mass is 570 g/mol. The Kier molecular flexibility index (Phi) is 11.0. The quantitative estimate of drug-likeness (QED) is 0.280. The minimum atomic E-state index is -0.670. The van der Waals surface area contributed by atoms with Gasteiger partial charge < -0.3 is 10.2 Å². The molecule has 3 aromatic rings. The molecule has 0 aliphatic carbocycles. The van der Waals surface area contributed by atoms with E-state index < -0.39 is 6.04 Å². The molecule has 0 radical (unpaired) electrons. The van der Waals surface area contributed by atoms with Gasteiger partial charge in [0.1, 0.15) is 11.9 Å². The predicted molar refractivity (Wildman–Crippen MR) is 149 cm³/mol. The van der Waals surface area contributed by atoms with Crippen LogP contribution in [0.5, 0.6) is 0 Å². The zero-order valence-electron chi connectivity index (χ0n) is 20.6. The van der Waals surface area contributed by atoms with E-state index in [-0.39, 0.29) is 23.4 Å². The molecule has 0 heterocycles. The standard InChI is InChI=1S/C29H32BrFN2O2S/c1-21(2)17-32-29(35)27(16-22-8-4-3-5-9-22)33(18-23-12-14-25(30)15-13-23)28(34)20-36-19-24-10-6-7-11-26(24)31/h3-15,21,27H,16-20H2,1-2H3,(H,32,35). The highest BCUT2D eigenvalue weighted by Crippen LogP contribution is 2.20. The Balaban J connectivity index is 1.84. The summed E-state index contributed by atoms with van der Waals surface area (Å²) in [5.74, 6) is 0.218. The molecular weight excluding hydrogens is 539 g/mol. The van der Waals surface area contributed by atoms with Gasteiger partial charge in [0.05, 0.1) is 5.75 Å². The molecule has 1 atom stereocenters. The Hall–Kier alpha value is -2.64. The van der Waals surface area contributed by atoms with Gasteiger partial charge in [-0.25, -0.2) is 4.39 Å². The molecule has 0 saturated carbocycles. The molecule has 3 rings (SSSR count). The zero-order chi connectivity index (χ0) is 25.9. The number of carbonyl (C=O) groups is 2. The minimum absolute atomic E-state index is 0.146. The third-order valence-electron chi connectivity index (χ3n) is 5.66. The highest BCUT2D eigenvalue weighted by atomic mass is 79.9. The van der Waals surface area contributed by atoms with Crippen LogP contribution in [-0.4, -0.2) is 35.1 Å². The molecule has 36 heavy (non-hydrogen) atoms. The summed E-state index contributed by atoms with van der Waals surface area (Å²) in [4.78, 5) is 28.7. The average molecular weight is 572 g/mol. The molecule has 2 amide bonds. The Morgan fingerprint density at radius 3 is 2.28 bits per heavy atom. The smallest absolute Gasteiger partial charge is 0.243 e. The van der Waals surface area contributed by atoms with Crippen LogP contribution in [0.4, 0.5) is 4.39 Å². The fourth-order valence-corrected chi connectivity index (χ4v) is 4.87. The first-order valence-corrected chi connectivity index (χ1v) is 13.9. The largest absolute Gasteiger partial charge is 0.354 e. The van der Waals surface area contributed by atoms with Gasteiger partial charge in [-0.2, -0.15) is 0 Å². The van der Waals surface area contributed by atoms with E-state index in [1.165, 1.54) is 17.8 Å². The summed E-state index contributed by atoms with van der Waals surface area (Å²) in [5.41, 5.74) is 2.47. The molecule has 190 valence electrons. The lowest BCUT2D eigenvalue weighted by Crippen LogP contribution is -2.51. The van der Waals surface area contributed by atoms with Gasteiger partial charge in [-0.15, -0.1) is 11.8 Å². The first kappa shape index (κ1) is 27.9. The number of hydrogen-bond donors (Lipinski definition) is 1. The molecule has 0 saturated heterocycles. The molecule has 0 aliphatic rings. The second-order valence-corrected chi connectivity index (χ2v) is 11.0. The maximum Gasteiger partial charge on any atom is 0.243 e. The van der Waals surface area contributed by atoms with Crippen LogP contribution in [0.2, 0.25) is 0 Å². The summed E-state index contributed by atoms with van der Waals surface area (Å²) < 4.78 is 15.0. The first-order valence-electron chi connectivity index (χ1n) is 12.0. The van der Waals surface area contributed by atoms with Crippen LogP contribution in [0.15, 0.2) is 83.3 Å². The van der Waals surface area contributed by atoms with Crippen LogP contribution >= 0.6 is 27.7 Å². The molecule has 0 spiro atoms. The van der Waals surface area contributed by atoms with Gasteiger partial charge in [0, 0.05) is 29.7 Å². The van der Waals surface area contributed by atoms with Gasteiger partial charge >= 0.3 is 0 Å². The maximum atomic E-state index is 14.1. The van der Waals surface area contributed by atoms with Crippen molar-refractivity contribution in [2.75, 3.05) is 12.3 Å². The number of rotatable bonds is 12. The topological polar surface area (TPSA) is 49.4 Å². The van der Waals surface area contributed by atoms with Crippen LogP contribution in [-0.2, 0) is 28.3 Å². The molecule has 7 heteroatoms. The van der Waals surface area contributed by atoms with Gasteiger partial charge in [0.2, 0.25) is 11.8 Å². The number of benzene rings is 3. The van der Waals surface area contributed by atoms with E-state index in [4.69, 9.17) is 0 Å². The highest BCUT2D eigenvalue weighted by Gasteiger charge is 2.30. The van der Waals surface area contributed by atoms with E-state index in [2.05, 4.69) is 21.2 Å². The van der Waals surface area contributed by atoms with Gasteiger partial charge in [0.15, 0.2) is 0 Å². The van der Waals surface area contributed by atoms with Gasteiger partial charge in [-0.3, -0.25) is 9.59 Å². The average Bonchev–Trinajstić information content (AvgIpc) is 2.87. The van der Waals surface area contributed by atoms with Crippen LogP contribution in [0.25, 0.3) is 0 Å². The van der Waals surface area contributed by atoms with Crippen LogP contribution < -0.4 is 5.32 Å². The summed E-state index contributed by atoms with van der Waals surface area (Å²) >= 11 is 4.81. The highest BCUT2D eigenvalue weighted by molar-refractivity contribution is 9.10. The number of nitrogens with zero attached hydrogens (tertiary/aromatic N) is 1. The number of hydrogen-bond acceptors (Lipinski definition) is 3. The Labute approximate surface area is 225 Å². The lowest BCUT2D eigenvalue weighted by molar-refractivity contribution is -0.139. The summed E-state index contributed by atoms with van der Waals surface area (Å²) in [6, 6.07) is 23.4. The normalized spacial score (nSPS) is 11.8.